The van der Waals surface area contributed by atoms with Crippen molar-refractivity contribution in [1.82, 2.24) is 9.80 Å². The molecule has 3 aliphatic rings. The molecule has 0 aromatic heterocycles. The van der Waals surface area contributed by atoms with E-state index in [-0.39, 0.29) is 0 Å². The maximum Gasteiger partial charge on any atom is 0.237 e. The van der Waals surface area contributed by atoms with Crippen LogP contribution in [0.15, 0.2) is 0 Å². The number of rotatable bonds is 4. The van der Waals surface area contributed by atoms with Crippen LogP contribution in [0.5, 0.6) is 0 Å². The van der Waals surface area contributed by atoms with Crippen LogP contribution >= 0.6 is 0 Å². The van der Waals surface area contributed by atoms with Crippen LogP contribution in [-0.4, -0.2) is 47.9 Å². The molecule has 1 amide bonds. The lowest BCUT2D eigenvalue weighted by atomic mass is 9.78. The topological polar surface area (TPSA) is 23.6 Å². The highest BCUT2D eigenvalue weighted by Crippen LogP contribution is 2.36. The quantitative estimate of drug-likeness (QED) is 0.789. The Labute approximate surface area is 123 Å². The molecule has 0 radical (unpaired) electrons. The molecule has 3 rings (SSSR count). The molecule has 0 N–H and O–H groups in total. The molecule has 1 saturated heterocycles. The van der Waals surface area contributed by atoms with E-state index in [4.69, 9.17) is 0 Å². The number of carbonyl (C=O) groups is 1. The van der Waals surface area contributed by atoms with Crippen molar-refractivity contribution in [3.63, 3.8) is 0 Å². The number of likely N-dealkylation sites (tertiary alicyclic amines) is 1. The summed E-state index contributed by atoms with van der Waals surface area (Å²) in [6.45, 7) is 3.91. The fraction of sp³-hybridized carbons (Fsp3) is 0.941. The summed E-state index contributed by atoms with van der Waals surface area (Å²) in [5.74, 6) is 2.03. The van der Waals surface area contributed by atoms with Crippen LogP contribution in [0.3, 0.4) is 0 Å². The SMILES string of the molecule is C[C@H](C1CC1)N(C)CC(=O)N1CCC[C@H]2CCCC[C@H]21. The maximum atomic E-state index is 12.7. The fourth-order valence-corrected chi connectivity index (χ4v) is 4.32. The van der Waals surface area contributed by atoms with Crippen LogP contribution in [0.2, 0.25) is 0 Å². The Hall–Kier alpha value is -0.570. The molecule has 1 aliphatic heterocycles. The molecule has 2 aliphatic carbocycles. The highest BCUT2D eigenvalue weighted by atomic mass is 16.2. The van der Waals surface area contributed by atoms with E-state index in [0.29, 0.717) is 24.5 Å². The summed E-state index contributed by atoms with van der Waals surface area (Å²) < 4.78 is 0. The minimum atomic E-state index is 0.386. The second-order valence-corrected chi connectivity index (χ2v) is 7.33. The van der Waals surface area contributed by atoms with Crippen molar-refractivity contribution in [2.75, 3.05) is 20.1 Å². The average molecular weight is 278 g/mol. The molecular weight excluding hydrogens is 248 g/mol. The van der Waals surface area contributed by atoms with E-state index in [2.05, 4.69) is 23.8 Å². The van der Waals surface area contributed by atoms with Crippen LogP contribution in [0.1, 0.15) is 58.3 Å². The van der Waals surface area contributed by atoms with E-state index < -0.39 is 0 Å². The molecule has 3 heteroatoms. The zero-order valence-corrected chi connectivity index (χ0v) is 13.2. The smallest absolute Gasteiger partial charge is 0.237 e. The molecule has 0 aromatic rings. The van der Waals surface area contributed by atoms with Crippen molar-refractivity contribution >= 4 is 5.91 Å². The summed E-state index contributed by atoms with van der Waals surface area (Å²) in [5, 5.41) is 0. The van der Waals surface area contributed by atoms with Crippen LogP contribution in [-0.2, 0) is 4.79 Å². The normalized spacial score (nSPS) is 32.0. The van der Waals surface area contributed by atoms with E-state index in [1.165, 1.54) is 51.4 Å². The van der Waals surface area contributed by atoms with Gasteiger partial charge in [-0.15, -0.1) is 0 Å². The molecule has 3 nitrogen and oxygen atoms in total. The van der Waals surface area contributed by atoms with Crippen molar-refractivity contribution in [2.45, 2.75) is 70.4 Å². The first-order valence-corrected chi connectivity index (χ1v) is 8.66. The Morgan fingerprint density at radius 3 is 2.60 bits per heavy atom. The van der Waals surface area contributed by atoms with Gasteiger partial charge in [0.05, 0.1) is 6.54 Å². The van der Waals surface area contributed by atoms with Gasteiger partial charge in [-0.3, -0.25) is 9.69 Å². The van der Waals surface area contributed by atoms with E-state index in [1.54, 1.807) is 0 Å². The molecule has 2 saturated carbocycles. The van der Waals surface area contributed by atoms with Crippen molar-refractivity contribution in [2.24, 2.45) is 11.8 Å². The molecule has 3 atom stereocenters. The monoisotopic (exact) mass is 278 g/mol. The number of nitrogens with zero attached hydrogens (tertiary/aromatic N) is 2. The Morgan fingerprint density at radius 2 is 1.85 bits per heavy atom. The third kappa shape index (κ3) is 3.03. The summed E-state index contributed by atoms with van der Waals surface area (Å²) >= 11 is 0. The standard InChI is InChI=1S/C17H30N2O/c1-13(14-9-10-14)18(2)12-17(20)19-11-5-7-15-6-3-4-8-16(15)19/h13-16H,3-12H2,1-2H3/t13-,15-,16-/m1/s1. The Kier molecular flexibility index (Phi) is 4.34. The van der Waals surface area contributed by atoms with Gasteiger partial charge in [-0.2, -0.15) is 0 Å². The van der Waals surface area contributed by atoms with Gasteiger partial charge < -0.3 is 4.90 Å². The fourth-order valence-electron chi connectivity index (χ4n) is 4.32. The Balaban J connectivity index is 1.57. The first-order valence-electron chi connectivity index (χ1n) is 8.66. The second-order valence-electron chi connectivity index (χ2n) is 7.33. The van der Waals surface area contributed by atoms with E-state index in [1.807, 2.05) is 0 Å². The van der Waals surface area contributed by atoms with Crippen molar-refractivity contribution in [3.05, 3.63) is 0 Å². The molecule has 0 unspecified atom stereocenters. The van der Waals surface area contributed by atoms with Gasteiger partial charge in [0.1, 0.15) is 0 Å². The number of fused-ring (bicyclic) bond motifs is 1. The molecule has 1 heterocycles. The summed E-state index contributed by atoms with van der Waals surface area (Å²) in [6.07, 6.45) is 10.6. The molecule has 3 fully saturated rings. The van der Waals surface area contributed by atoms with Gasteiger partial charge in [-0.1, -0.05) is 12.8 Å². The maximum absolute atomic E-state index is 12.7. The average Bonchev–Trinajstić information content (AvgIpc) is 3.30. The lowest BCUT2D eigenvalue weighted by Gasteiger charge is -2.44. The van der Waals surface area contributed by atoms with Crippen molar-refractivity contribution in [1.29, 1.82) is 0 Å². The first-order chi connectivity index (χ1) is 9.66. The van der Waals surface area contributed by atoms with Gasteiger partial charge in [-0.05, 0) is 64.3 Å². The second kappa shape index (κ2) is 6.05. The molecule has 114 valence electrons. The number of hydrogen-bond donors (Lipinski definition) is 0. The van der Waals surface area contributed by atoms with E-state index >= 15 is 0 Å². The Morgan fingerprint density at radius 1 is 1.15 bits per heavy atom. The van der Waals surface area contributed by atoms with Crippen molar-refractivity contribution in [3.8, 4) is 0 Å². The van der Waals surface area contributed by atoms with Gasteiger partial charge in [-0.25, -0.2) is 0 Å². The zero-order chi connectivity index (χ0) is 14.1. The highest BCUT2D eigenvalue weighted by Gasteiger charge is 2.37. The number of carbonyl (C=O) groups excluding carboxylic acids is 1. The van der Waals surface area contributed by atoms with Gasteiger partial charge in [0, 0.05) is 18.6 Å². The summed E-state index contributed by atoms with van der Waals surface area (Å²) in [7, 11) is 2.13. The van der Waals surface area contributed by atoms with Crippen LogP contribution in [0.4, 0.5) is 0 Å². The van der Waals surface area contributed by atoms with Crippen LogP contribution in [0.25, 0.3) is 0 Å². The highest BCUT2D eigenvalue weighted by molar-refractivity contribution is 5.78. The van der Waals surface area contributed by atoms with Crippen molar-refractivity contribution < 1.29 is 4.79 Å². The molecule has 0 aromatic carbocycles. The van der Waals surface area contributed by atoms with E-state index in [0.717, 1.165) is 18.4 Å². The zero-order valence-electron chi connectivity index (χ0n) is 13.2. The number of hydrogen-bond acceptors (Lipinski definition) is 2. The minimum Gasteiger partial charge on any atom is -0.338 e. The molecular formula is C17H30N2O. The summed E-state index contributed by atoms with van der Waals surface area (Å²) in [6, 6.07) is 1.14. The number of likely N-dealkylation sites (N-methyl/N-ethyl adjacent to an activating group) is 1. The minimum absolute atomic E-state index is 0.386. The first kappa shape index (κ1) is 14.4. The van der Waals surface area contributed by atoms with Crippen LogP contribution in [0, 0.1) is 11.8 Å². The van der Waals surface area contributed by atoms with E-state index in [9.17, 15) is 4.79 Å². The summed E-state index contributed by atoms with van der Waals surface area (Å²) in [5.41, 5.74) is 0. The van der Waals surface area contributed by atoms with Gasteiger partial charge in [0.2, 0.25) is 5.91 Å². The van der Waals surface area contributed by atoms with Crippen LogP contribution < -0.4 is 0 Å². The molecule has 0 bridgehead atoms. The third-order valence-electron chi connectivity index (χ3n) is 5.95. The van der Waals surface area contributed by atoms with Gasteiger partial charge in [0.25, 0.3) is 0 Å². The predicted molar refractivity (Wildman–Crippen MR) is 81.5 cm³/mol. The van der Waals surface area contributed by atoms with Gasteiger partial charge >= 0.3 is 0 Å². The lowest BCUT2D eigenvalue weighted by Crippen LogP contribution is -2.52. The molecule has 0 spiro atoms. The lowest BCUT2D eigenvalue weighted by molar-refractivity contribution is -0.139. The predicted octanol–water partition coefficient (Wildman–Crippen LogP) is 2.90. The third-order valence-corrected chi connectivity index (χ3v) is 5.95. The summed E-state index contributed by atoms with van der Waals surface area (Å²) in [4.78, 5) is 17.2. The van der Waals surface area contributed by atoms with Gasteiger partial charge in [0.15, 0.2) is 0 Å². The molecule has 20 heavy (non-hydrogen) atoms. The Bertz CT molecular complexity index is 351. The number of amides is 1. The number of piperidine rings is 1. The largest absolute Gasteiger partial charge is 0.338 e.